The van der Waals surface area contributed by atoms with Gasteiger partial charge in [0, 0.05) is 17.9 Å². The fraction of sp³-hybridized carbons (Fsp3) is 0.842. The molecule has 3 aliphatic heterocycles. The number of unbranched alkanes of at least 4 members (excludes halogenated alkanes) is 2. The molecule has 1 spiro atoms. The van der Waals surface area contributed by atoms with Gasteiger partial charge in [-0.1, -0.05) is 35.7 Å². The number of alkyl halides is 1. The number of nitrogens with one attached hydrogen (secondary N) is 1. The number of nitrogens with zero attached hydrogens (tertiary/aromatic N) is 1. The largest absolute Gasteiger partial charge is 0.466 e. The zero-order chi connectivity index (χ0) is 20.5. The van der Waals surface area contributed by atoms with Gasteiger partial charge in [-0.15, -0.1) is 0 Å². The molecule has 3 fully saturated rings. The van der Waals surface area contributed by atoms with E-state index in [1.807, 2.05) is 0 Å². The molecular formula is C19H29BrN2O6. The minimum Gasteiger partial charge on any atom is -0.466 e. The molecular weight excluding hydrogens is 432 g/mol. The van der Waals surface area contributed by atoms with Crippen molar-refractivity contribution in [3.63, 3.8) is 0 Å². The van der Waals surface area contributed by atoms with Gasteiger partial charge in [-0.2, -0.15) is 0 Å². The van der Waals surface area contributed by atoms with Crippen molar-refractivity contribution in [2.75, 3.05) is 26.3 Å². The highest BCUT2D eigenvalue weighted by Gasteiger charge is 2.76. The Morgan fingerprint density at radius 3 is 2.79 bits per heavy atom. The van der Waals surface area contributed by atoms with Crippen LogP contribution in [0, 0.1) is 11.8 Å². The molecule has 3 heterocycles. The van der Waals surface area contributed by atoms with Crippen molar-refractivity contribution in [1.29, 1.82) is 0 Å². The first-order valence-electron chi connectivity index (χ1n) is 10.1. The van der Waals surface area contributed by atoms with Crippen LogP contribution in [0.15, 0.2) is 0 Å². The van der Waals surface area contributed by atoms with Crippen molar-refractivity contribution in [3.8, 4) is 0 Å². The molecule has 3 aliphatic rings. The van der Waals surface area contributed by atoms with Gasteiger partial charge < -0.3 is 24.8 Å². The highest BCUT2D eigenvalue weighted by atomic mass is 79.9. The van der Waals surface area contributed by atoms with Crippen molar-refractivity contribution in [2.45, 2.75) is 62.1 Å². The second-order valence-electron chi connectivity index (χ2n) is 7.67. The van der Waals surface area contributed by atoms with E-state index in [2.05, 4.69) is 28.2 Å². The van der Waals surface area contributed by atoms with Gasteiger partial charge in [0.05, 0.1) is 31.2 Å². The van der Waals surface area contributed by atoms with Crippen LogP contribution in [0.5, 0.6) is 0 Å². The number of likely N-dealkylation sites (tertiary alicyclic amines) is 1. The minimum atomic E-state index is -1.07. The number of halogens is 1. The molecule has 9 heteroatoms. The molecule has 6 atom stereocenters. The molecule has 0 aromatic heterocycles. The summed E-state index contributed by atoms with van der Waals surface area (Å²) in [5.74, 6) is -2.58. The Bertz CT molecular complexity index is 632. The summed E-state index contributed by atoms with van der Waals surface area (Å²) in [6.07, 6.45) is 2.86. The summed E-state index contributed by atoms with van der Waals surface area (Å²) in [4.78, 5) is 40.1. The molecule has 3 saturated heterocycles. The van der Waals surface area contributed by atoms with Crippen LogP contribution < -0.4 is 5.32 Å². The Morgan fingerprint density at radius 1 is 1.39 bits per heavy atom. The van der Waals surface area contributed by atoms with Gasteiger partial charge in [-0.05, 0) is 19.8 Å². The van der Waals surface area contributed by atoms with Crippen molar-refractivity contribution < 1.29 is 29.0 Å². The number of ether oxygens (including phenoxy) is 2. The lowest BCUT2D eigenvalue weighted by atomic mass is 9.70. The minimum absolute atomic E-state index is 0.0284. The fourth-order valence-electron chi connectivity index (χ4n) is 4.97. The first kappa shape index (κ1) is 21.5. The Morgan fingerprint density at radius 2 is 2.14 bits per heavy atom. The highest BCUT2D eigenvalue weighted by molar-refractivity contribution is 9.09. The molecule has 28 heavy (non-hydrogen) atoms. The molecule has 2 bridgehead atoms. The number of rotatable bonds is 9. The van der Waals surface area contributed by atoms with Gasteiger partial charge in [-0.25, -0.2) is 0 Å². The van der Waals surface area contributed by atoms with Crippen LogP contribution in [-0.2, 0) is 23.9 Å². The van der Waals surface area contributed by atoms with E-state index in [4.69, 9.17) is 9.47 Å². The van der Waals surface area contributed by atoms with Crippen molar-refractivity contribution in [2.24, 2.45) is 11.8 Å². The van der Waals surface area contributed by atoms with E-state index in [0.717, 1.165) is 19.3 Å². The summed E-state index contributed by atoms with van der Waals surface area (Å²) in [5, 5.41) is 12.4. The molecule has 0 saturated carbocycles. The smallest absolute Gasteiger partial charge is 0.312 e. The molecule has 2 amide bonds. The zero-order valence-electron chi connectivity index (χ0n) is 16.4. The molecule has 2 N–H and O–H groups in total. The lowest BCUT2D eigenvalue weighted by Crippen LogP contribution is -2.56. The third-order valence-electron chi connectivity index (χ3n) is 6.02. The molecule has 8 nitrogen and oxygen atoms in total. The summed E-state index contributed by atoms with van der Waals surface area (Å²) in [5.41, 5.74) is -1.07. The van der Waals surface area contributed by atoms with Crippen LogP contribution in [0.25, 0.3) is 0 Å². The van der Waals surface area contributed by atoms with E-state index in [9.17, 15) is 19.5 Å². The molecule has 0 radical (unpaired) electrons. The number of carbonyl (C=O) groups excluding carboxylic acids is 3. The van der Waals surface area contributed by atoms with Crippen LogP contribution in [0.4, 0.5) is 0 Å². The van der Waals surface area contributed by atoms with Crippen LogP contribution in [0.1, 0.15) is 39.5 Å². The molecule has 0 aromatic rings. The molecule has 3 unspecified atom stereocenters. The second-order valence-corrected chi connectivity index (χ2v) is 8.85. The lowest BCUT2D eigenvalue weighted by Gasteiger charge is -2.33. The SMILES string of the molecule is CCCCCNC(=O)C1N(CCO)C(=O)[C@@H]2[C@@H](C(=O)OCC)[C@@H]3OC12CC3Br. The Kier molecular flexibility index (Phi) is 6.66. The highest BCUT2D eigenvalue weighted by Crippen LogP contribution is 2.60. The number of hydrogen-bond donors (Lipinski definition) is 2. The van der Waals surface area contributed by atoms with E-state index in [1.54, 1.807) is 6.92 Å². The number of carbonyl (C=O) groups is 3. The maximum absolute atomic E-state index is 13.2. The predicted molar refractivity (Wildman–Crippen MR) is 104 cm³/mol. The number of amides is 2. The third-order valence-corrected chi connectivity index (χ3v) is 6.86. The van der Waals surface area contributed by atoms with Crippen molar-refractivity contribution in [1.82, 2.24) is 10.2 Å². The van der Waals surface area contributed by atoms with Crippen LogP contribution in [-0.4, -0.2) is 76.7 Å². The molecule has 158 valence electrons. The number of fused-ring (bicyclic) bond motifs is 1. The van der Waals surface area contributed by atoms with Gasteiger partial charge in [0.2, 0.25) is 11.8 Å². The maximum atomic E-state index is 13.2. The predicted octanol–water partition coefficient (Wildman–Crippen LogP) is 0.596. The second kappa shape index (κ2) is 8.67. The average molecular weight is 461 g/mol. The lowest BCUT2D eigenvalue weighted by molar-refractivity contribution is -0.154. The zero-order valence-corrected chi connectivity index (χ0v) is 17.9. The number of hydrogen-bond acceptors (Lipinski definition) is 6. The van der Waals surface area contributed by atoms with Gasteiger partial charge in [0.15, 0.2) is 0 Å². The maximum Gasteiger partial charge on any atom is 0.312 e. The Hall–Kier alpha value is -1.19. The van der Waals surface area contributed by atoms with Gasteiger partial charge >= 0.3 is 5.97 Å². The van der Waals surface area contributed by atoms with E-state index >= 15 is 0 Å². The van der Waals surface area contributed by atoms with Gasteiger partial charge in [0.25, 0.3) is 0 Å². The first-order valence-corrected chi connectivity index (χ1v) is 11.0. The monoisotopic (exact) mass is 460 g/mol. The third kappa shape index (κ3) is 3.35. The normalized spacial score (nSPS) is 35.9. The molecule has 3 rings (SSSR count). The quantitative estimate of drug-likeness (QED) is 0.296. The standard InChI is InChI=1S/C19H29BrN2O6/c1-3-5-6-7-21-16(24)15-19-10-11(20)14(28-19)12(18(26)27-4-2)13(19)17(25)22(15)8-9-23/h11-15,23H,3-10H2,1-2H3,(H,21,24)/t11?,12-,13+,14-,15?,19?/m1/s1. The van der Waals surface area contributed by atoms with Gasteiger partial charge in [-0.3, -0.25) is 14.4 Å². The van der Waals surface area contributed by atoms with Crippen LogP contribution in [0.3, 0.4) is 0 Å². The summed E-state index contributed by atoms with van der Waals surface area (Å²) in [7, 11) is 0. The summed E-state index contributed by atoms with van der Waals surface area (Å²) in [6, 6.07) is -0.858. The number of esters is 1. The summed E-state index contributed by atoms with van der Waals surface area (Å²) in [6.45, 7) is 4.30. The van der Waals surface area contributed by atoms with E-state index in [1.165, 1.54) is 4.90 Å². The Labute approximate surface area is 173 Å². The topological polar surface area (TPSA) is 105 Å². The Balaban J connectivity index is 1.90. The fourth-order valence-corrected chi connectivity index (χ4v) is 5.91. The average Bonchev–Trinajstić information content (AvgIpc) is 3.23. The van der Waals surface area contributed by atoms with E-state index in [0.29, 0.717) is 13.0 Å². The van der Waals surface area contributed by atoms with Crippen LogP contribution >= 0.6 is 15.9 Å². The number of aliphatic hydroxyl groups is 1. The molecule has 0 aromatic carbocycles. The summed E-state index contributed by atoms with van der Waals surface area (Å²) < 4.78 is 11.4. The first-order chi connectivity index (χ1) is 13.4. The van der Waals surface area contributed by atoms with Crippen molar-refractivity contribution in [3.05, 3.63) is 0 Å². The van der Waals surface area contributed by atoms with Gasteiger partial charge in [0.1, 0.15) is 11.6 Å². The van der Waals surface area contributed by atoms with E-state index < -0.39 is 35.6 Å². The molecule has 0 aliphatic carbocycles. The number of aliphatic hydroxyl groups excluding tert-OH is 1. The van der Waals surface area contributed by atoms with Crippen LogP contribution in [0.2, 0.25) is 0 Å². The van der Waals surface area contributed by atoms with E-state index in [-0.39, 0.29) is 36.4 Å². The van der Waals surface area contributed by atoms with Crippen molar-refractivity contribution >= 4 is 33.7 Å². The number of β-amino-alcohol motifs (C(OH)–C–C–N with tert-alkyl or cyclic N) is 1. The summed E-state index contributed by atoms with van der Waals surface area (Å²) >= 11 is 3.57.